The molecule has 0 bridgehead atoms. The Hall–Kier alpha value is -2.57. The maximum atomic E-state index is 12.7. The third kappa shape index (κ3) is 4.74. The number of nitrogens with two attached hydrogens (primary N) is 1. The Morgan fingerprint density at radius 3 is 2.73 bits per heavy atom. The summed E-state index contributed by atoms with van der Waals surface area (Å²) in [7, 11) is 1.49. The van der Waals surface area contributed by atoms with E-state index < -0.39 is 30.5 Å². The number of hydrogen-bond donors (Lipinski definition) is 2. The van der Waals surface area contributed by atoms with Crippen molar-refractivity contribution in [1.29, 1.82) is 0 Å². The molecular formula is C15H17IN4O6. The third-order valence-corrected chi connectivity index (χ3v) is 4.19. The molecule has 3 N–H and O–H groups in total. The topological polar surface area (TPSA) is 131 Å². The van der Waals surface area contributed by atoms with Gasteiger partial charge in [-0.15, -0.1) is 0 Å². The largest absolute Gasteiger partial charge is 0.495 e. The zero-order valence-corrected chi connectivity index (χ0v) is 16.0. The molecule has 140 valence electrons. The average Bonchev–Trinajstić information content (AvgIpc) is 2.60. The molecule has 26 heavy (non-hydrogen) atoms. The lowest BCUT2D eigenvalue weighted by molar-refractivity contribution is -0.130. The maximum Gasteiger partial charge on any atom is 0.405 e. The first kappa shape index (κ1) is 19.8. The van der Waals surface area contributed by atoms with E-state index in [-0.39, 0.29) is 19.6 Å². The van der Waals surface area contributed by atoms with E-state index in [4.69, 9.17) is 10.5 Å². The predicted molar refractivity (Wildman–Crippen MR) is 98.5 cm³/mol. The number of nitrogens with zero attached hydrogens (tertiary/aromatic N) is 2. The number of amides is 5. The number of ether oxygens (including phenoxy) is 2. The zero-order chi connectivity index (χ0) is 19.3. The molecule has 0 saturated carbocycles. The molecule has 1 aliphatic heterocycles. The van der Waals surface area contributed by atoms with Crippen LogP contribution in [0.1, 0.15) is 6.42 Å². The summed E-state index contributed by atoms with van der Waals surface area (Å²) in [6.45, 7) is -0.745. The minimum Gasteiger partial charge on any atom is -0.495 e. The molecule has 0 spiro atoms. The van der Waals surface area contributed by atoms with E-state index in [0.717, 1.165) is 8.47 Å². The molecule has 1 aromatic carbocycles. The van der Waals surface area contributed by atoms with Crippen molar-refractivity contribution < 1.29 is 28.7 Å². The Balaban J connectivity index is 2.10. The fraction of sp³-hybridized carbons (Fsp3) is 0.333. The third-order valence-electron chi connectivity index (χ3n) is 3.52. The fourth-order valence-corrected chi connectivity index (χ4v) is 2.77. The number of hydrogen-bond acceptors (Lipinski definition) is 6. The van der Waals surface area contributed by atoms with E-state index in [2.05, 4.69) is 32.6 Å². The summed E-state index contributed by atoms with van der Waals surface area (Å²) < 4.78 is 10.5. The monoisotopic (exact) mass is 476 g/mol. The van der Waals surface area contributed by atoms with Crippen molar-refractivity contribution in [1.82, 2.24) is 10.2 Å². The number of rotatable bonds is 6. The van der Waals surface area contributed by atoms with Crippen LogP contribution in [-0.2, 0) is 14.3 Å². The highest BCUT2D eigenvalue weighted by Gasteiger charge is 2.34. The summed E-state index contributed by atoms with van der Waals surface area (Å²) in [4.78, 5) is 49.2. The summed E-state index contributed by atoms with van der Waals surface area (Å²) in [6.07, 6.45) is -1.00. The van der Waals surface area contributed by atoms with Crippen LogP contribution in [0.15, 0.2) is 18.2 Å². The van der Waals surface area contributed by atoms with E-state index in [1.165, 1.54) is 12.0 Å². The summed E-state index contributed by atoms with van der Waals surface area (Å²) >= 11 is 2.11. The molecule has 11 heteroatoms. The molecule has 1 aromatic rings. The van der Waals surface area contributed by atoms with Crippen molar-refractivity contribution in [3.05, 3.63) is 21.8 Å². The number of benzene rings is 1. The summed E-state index contributed by atoms with van der Waals surface area (Å²) in [5, 5.41) is 2.33. The van der Waals surface area contributed by atoms with Gasteiger partial charge in [0.05, 0.1) is 12.8 Å². The number of carbonyl (C=O) groups is 4. The number of carbonyl (C=O) groups excluding carboxylic acids is 4. The summed E-state index contributed by atoms with van der Waals surface area (Å²) in [5.74, 6) is -0.618. The van der Waals surface area contributed by atoms with Gasteiger partial charge in [0.1, 0.15) is 12.4 Å². The first-order valence-corrected chi connectivity index (χ1v) is 8.55. The van der Waals surface area contributed by atoms with Crippen molar-refractivity contribution in [3.8, 4) is 5.75 Å². The molecule has 0 radical (unpaired) electrons. The van der Waals surface area contributed by atoms with Crippen LogP contribution < -0.4 is 20.7 Å². The summed E-state index contributed by atoms with van der Waals surface area (Å²) in [5.41, 5.74) is 5.30. The Labute approximate surface area is 162 Å². The molecule has 0 aliphatic carbocycles. The molecule has 0 unspecified atom stereocenters. The predicted octanol–water partition coefficient (Wildman–Crippen LogP) is 0.628. The standard InChI is InChI=1S/C15H17IN4O6/c1-25-11-3-2-9(16)6-10(11)19-5-4-13(22)20(15(19)24)8-18-12(21)7-26-14(17)23/h2-3,6H,4-5,7-8H2,1H3,(H2,17,23)(H,18,21). The van der Waals surface area contributed by atoms with E-state index in [1.807, 2.05) is 6.07 Å². The Morgan fingerprint density at radius 2 is 2.08 bits per heavy atom. The second-order valence-electron chi connectivity index (χ2n) is 5.19. The van der Waals surface area contributed by atoms with Crippen molar-refractivity contribution in [3.63, 3.8) is 0 Å². The lowest BCUT2D eigenvalue weighted by atomic mass is 10.2. The molecule has 5 amide bonds. The number of imide groups is 1. The van der Waals surface area contributed by atoms with Crippen LogP contribution in [-0.4, -0.2) is 55.8 Å². The van der Waals surface area contributed by atoms with Crippen molar-refractivity contribution in [2.45, 2.75) is 6.42 Å². The van der Waals surface area contributed by atoms with Gasteiger partial charge in [-0.3, -0.25) is 14.5 Å². The van der Waals surface area contributed by atoms with Crippen LogP contribution in [0.3, 0.4) is 0 Å². The Kier molecular flexibility index (Phi) is 6.60. The molecule has 2 rings (SSSR count). The molecule has 0 aromatic heterocycles. The minimum absolute atomic E-state index is 0.0913. The summed E-state index contributed by atoms with van der Waals surface area (Å²) in [6, 6.07) is 4.75. The molecule has 10 nitrogen and oxygen atoms in total. The van der Waals surface area contributed by atoms with Crippen LogP contribution in [0.4, 0.5) is 15.3 Å². The highest BCUT2D eigenvalue weighted by molar-refractivity contribution is 14.1. The van der Waals surface area contributed by atoms with Gasteiger partial charge in [-0.2, -0.15) is 0 Å². The van der Waals surface area contributed by atoms with Crippen molar-refractivity contribution in [2.24, 2.45) is 5.73 Å². The SMILES string of the molecule is COc1ccc(I)cc1N1CCC(=O)N(CNC(=O)COC(N)=O)C1=O. The second-order valence-corrected chi connectivity index (χ2v) is 6.43. The number of halogens is 1. The molecule has 1 heterocycles. The van der Waals surface area contributed by atoms with Gasteiger partial charge in [0.15, 0.2) is 6.61 Å². The number of methoxy groups -OCH3 is 1. The minimum atomic E-state index is -1.10. The van der Waals surface area contributed by atoms with Gasteiger partial charge in [-0.05, 0) is 40.8 Å². The second kappa shape index (κ2) is 8.69. The fourth-order valence-electron chi connectivity index (χ4n) is 2.30. The van der Waals surface area contributed by atoms with Crippen molar-refractivity contribution >= 4 is 52.2 Å². The van der Waals surface area contributed by atoms with E-state index in [1.54, 1.807) is 12.1 Å². The van der Waals surface area contributed by atoms with E-state index in [9.17, 15) is 19.2 Å². The van der Waals surface area contributed by atoms with Crippen LogP contribution in [0.5, 0.6) is 5.75 Å². The molecule has 0 atom stereocenters. The van der Waals surface area contributed by atoms with E-state index >= 15 is 0 Å². The van der Waals surface area contributed by atoms with Crippen molar-refractivity contribution in [2.75, 3.05) is 31.8 Å². The van der Waals surface area contributed by atoms with Gasteiger partial charge in [-0.25, -0.2) is 14.5 Å². The number of urea groups is 1. The quantitative estimate of drug-likeness (QED) is 0.580. The molecule has 1 aliphatic rings. The van der Waals surface area contributed by atoms with Gasteiger partial charge in [0.2, 0.25) is 5.91 Å². The Bertz CT molecular complexity index is 741. The smallest absolute Gasteiger partial charge is 0.405 e. The number of nitrogens with one attached hydrogen (secondary N) is 1. The van der Waals surface area contributed by atoms with Gasteiger partial charge in [-0.1, -0.05) is 0 Å². The van der Waals surface area contributed by atoms with E-state index in [0.29, 0.717) is 11.4 Å². The number of anilines is 1. The normalized spacial score (nSPS) is 14.2. The van der Waals surface area contributed by atoms with Gasteiger partial charge < -0.3 is 20.5 Å². The molecule has 1 saturated heterocycles. The number of primary amides is 1. The maximum absolute atomic E-state index is 12.7. The van der Waals surface area contributed by atoms with Crippen LogP contribution in [0.25, 0.3) is 0 Å². The lowest BCUT2D eigenvalue weighted by Crippen LogP contribution is -2.56. The average molecular weight is 476 g/mol. The lowest BCUT2D eigenvalue weighted by Gasteiger charge is -2.34. The van der Waals surface area contributed by atoms with Gasteiger partial charge in [0.25, 0.3) is 5.91 Å². The van der Waals surface area contributed by atoms with Gasteiger partial charge in [0, 0.05) is 16.5 Å². The zero-order valence-electron chi connectivity index (χ0n) is 13.9. The van der Waals surface area contributed by atoms with Gasteiger partial charge >= 0.3 is 12.1 Å². The first-order valence-electron chi connectivity index (χ1n) is 7.47. The first-order chi connectivity index (χ1) is 12.3. The highest BCUT2D eigenvalue weighted by atomic mass is 127. The van der Waals surface area contributed by atoms with Crippen LogP contribution in [0.2, 0.25) is 0 Å². The molecule has 1 fully saturated rings. The van der Waals surface area contributed by atoms with Crippen LogP contribution in [0, 0.1) is 3.57 Å². The molecular weight excluding hydrogens is 459 g/mol. The Morgan fingerprint density at radius 1 is 1.35 bits per heavy atom. The highest BCUT2D eigenvalue weighted by Crippen LogP contribution is 2.32. The van der Waals surface area contributed by atoms with Crippen LogP contribution >= 0.6 is 22.6 Å².